The molecule has 0 bridgehead atoms. The molecule has 1 fully saturated rings. The van der Waals surface area contributed by atoms with Crippen LogP contribution in [0.25, 0.3) is 0 Å². The van der Waals surface area contributed by atoms with Gasteiger partial charge in [-0.25, -0.2) is 0 Å². The highest BCUT2D eigenvalue weighted by molar-refractivity contribution is 5.90. The van der Waals surface area contributed by atoms with Gasteiger partial charge in [-0.1, -0.05) is 45.0 Å². The van der Waals surface area contributed by atoms with Gasteiger partial charge in [-0.15, -0.1) is 0 Å². The van der Waals surface area contributed by atoms with Crippen molar-refractivity contribution in [3.05, 3.63) is 35.4 Å². The molecule has 1 saturated heterocycles. The summed E-state index contributed by atoms with van der Waals surface area (Å²) in [5, 5.41) is 2.88. The molecule has 1 aromatic carbocycles. The monoisotopic (exact) mass is 456 g/mol. The normalized spacial score (nSPS) is 21.9. The number of nitrogens with one attached hydrogen (secondary N) is 1. The second-order valence-corrected chi connectivity index (χ2v) is 9.85. The Morgan fingerprint density at radius 2 is 1.91 bits per heavy atom. The third-order valence-corrected chi connectivity index (χ3v) is 7.19. The fourth-order valence-electron chi connectivity index (χ4n) is 5.21. The van der Waals surface area contributed by atoms with Crippen molar-refractivity contribution in [2.24, 2.45) is 11.7 Å². The van der Waals surface area contributed by atoms with Gasteiger partial charge in [0, 0.05) is 26.1 Å². The number of amides is 3. The fourth-order valence-corrected chi connectivity index (χ4v) is 5.21. The van der Waals surface area contributed by atoms with Gasteiger partial charge in [0.15, 0.2) is 0 Å². The van der Waals surface area contributed by atoms with E-state index in [-0.39, 0.29) is 35.7 Å². The minimum Gasteiger partial charge on any atom is -0.343 e. The van der Waals surface area contributed by atoms with Crippen LogP contribution in [0.5, 0.6) is 0 Å². The van der Waals surface area contributed by atoms with E-state index < -0.39 is 12.1 Å². The summed E-state index contributed by atoms with van der Waals surface area (Å²) < 4.78 is 0. The second-order valence-electron chi connectivity index (χ2n) is 9.85. The SMILES string of the molecule is CC[C@H](N)C(=O)N[C@H](C(=O)N1CCC[C@H]1CN(C(C)=O)[C@@H]1CCCc2ccccc21)C(C)C. The van der Waals surface area contributed by atoms with Crippen LogP contribution >= 0.6 is 0 Å². The standard InChI is InChI=1S/C26H40N4O3/c1-5-22(27)25(32)28-24(17(2)3)26(33)29-15-9-12-20(29)16-30(18(4)31)23-14-8-11-19-10-6-7-13-21(19)23/h6-7,10,13,17,20,22-24H,5,8-9,11-12,14-16,27H2,1-4H3,(H,28,32)/t20-,22-,23+,24-/m0/s1. The first-order valence-electron chi connectivity index (χ1n) is 12.5. The second kappa shape index (κ2) is 11.1. The number of fused-ring (bicyclic) bond motifs is 1. The molecule has 7 nitrogen and oxygen atoms in total. The zero-order valence-corrected chi connectivity index (χ0v) is 20.5. The molecule has 1 aliphatic heterocycles. The number of nitrogens with zero attached hydrogens (tertiary/aromatic N) is 2. The van der Waals surface area contributed by atoms with E-state index in [0.717, 1.165) is 32.1 Å². The molecule has 3 amide bonds. The number of nitrogens with two attached hydrogens (primary N) is 1. The van der Waals surface area contributed by atoms with E-state index in [9.17, 15) is 14.4 Å². The average molecular weight is 457 g/mol. The molecule has 0 unspecified atom stereocenters. The molecule has 0 spiro atoms. The lowest BCUT2D eigenvalue weighted by Gasteiger charge is -2.39. The molecule has 33 heavy (non-hydrogen) atoms. The lowest BCUT2D eigenvalue weighted by atomic mass is 9.86. The van der Waals surface area contributed by atoms with E-state index >= 15 is 0 Å². The van der Waals surface area contributed by atoms with Crippen molar-refractivity contribution in [1.82, 2.24) is 15.1 Å². The van der Waals surface area contributed by atoms with Crippen LogP contribution in [0.2, 0.25) is 0 Å². The largest absolute Gasteiger partial charge is 0.343 e. The van der Waals surface area contributed by atoms with Crippen molar-refractivity contribution in [2.45, 2.75) is 90.4 Å². The third-order valence-electron chi connectivity index (χ3n) is 7.19. The average Bonchev–Trinajstić information content (AvgIpc) is 3.27. The van der Waals surface area contributed by atoms with E-state index in [0.29, 0.717) is 19.5 Å². The van der Waals surface area contributed by atoms with E-state index in [1.165, 1.54) is 11.1 Å². The molecule has 1 aromatic rings. The molecule has 3 N–H and O–H groups in total. The smallest absolute Gasteiger partial charge is 0.245 e. The Balaban J connectivity index is 1.77. The number of rotatable bonds is 8. The molecule has 3 rings (SSSR count). The topological polar surface area (TPSA) is 95.7 Å². The Morgan fingerprint density at radius 3 is 2.58 bits per heavy atom. The summed E-state index contributed by atoms with van der Waals surface area (Å²) >= 11 is 0. The zero-order valence-electron chi connectivity index (χ0n) is 20.5. The lowest BCUT2D eigenvalue weighted by Crippen LogP contribution is -2.56. The van der Waals surface area contributed by atoms with Crippen LogP contribution < -0.4 is 11.1 Å². The summed E-state index contributed by atoms with van der Waals surface area (Å²) in [6, 6.07) is 7.15. The van der Waals surface area contributed by atoms with Crippen molar-refractivity contribution in [3.63, 3.8) is 0 Å². The van der Waals surface area contributed by atoms with Gasteiger partial charge in [-0.2, -0.15) is 0 Å². The van der Waals surface area contributed by atoms with Gasteiger partial charge in [-0.05, 0) is 55.6 Å². The first-order valence-corrected chi connectivity index (χ1v) is 12.5. The minimum atomic E-state index is -0.618. The molecule has 0 saturated carbocycles. The number of likely N-dealkylation sites (tertiary alicyclic amines) is 1. The van der Waals surface area contributed by atoms with E-state index in [1.807, 2.05) is 36.6 Å². The van der Waals surface area contributed by atoms with Crippen LogP contribution in [-0.2, 0) is 20.8 Å². The molecule has 1 aliphatic carbocycles. The number of aryl methyl sites for hydroxylation is 1. The predicted octanol–water partition coefficient (Wildman–Crippen LogP) is 2.78. The van der Waals surface area contributed by atoms with Crippen LogP contribution in [0.4, 0.5) is 0 Å². The number of benzene rings is 1. The minimum absolute atomic E-state index is 0.0404. The highest BCUT2D eigenvalue weighted by atomic mass is 16.2. The highest BCUT2D eigenvalue weighted by Crippen LogP contribution is 2.35. The maximum atomic E-state index is 13.5. The Kier molecular flexibility index (Phi) is 8.51. The Bertz CT molecular complexity index is 856. The van der Waals surface area contributed by atoms with Gasteiger partial charge in [0.05, 0.1) is 12.1 Å². The predicted molar refractivity (Wildman–Crippen MR) is 129 cm³/mol. The highest BCUT2D eigenvalue weighted by Gasteiger charge is 2.38. The van der Waals surface area contributed by atoms with Gasteiger partial charge >= 0.3 is 0 Å². The third kappa shape index (κ3) is 5.75. The van der Waals surface area contributed by atoms with Crippen molar-refractivity contribution >= 4 is 17.7 Å². The Labute approximate surface area is 198 Å². The van der Waals surface area contributed by atoms with Gasteiger partial charge in [-0.3, -0.25) is 14.4 Å². The van der Waals surface area contributed by atoms with Gasteiger partial charge in [0.2, 0.25) is 17.7 Å². The van der Waals surface area contributed by atoms with E-state index in [4.69, 9.17) is 5.73 Å². The molecule has 4 atom stereocenters. The summed E-state index contributed by atoms with van der Waals surface area (Å²) in [5.41, 5.74) is 8.43. The molecular weight excluding hydrogens is 416 g/mol. The quantitative estimate of drug-likeness (QED) is 0.629. The van der Waals surface area contributed by atoms with Gasteiger partial charge in [0.25, 0.3) is 0 Å². The molecule has 0 radical (unpaired) electrons. The summed E-state index contributed by atoms with van der Waals surface area (Å²) in [6.45, 7) is 8.52. The number of hydrogen-bond donors (Lipinski definition) is 2. The molecule has 0 aromatic heterocycles. The molecular formula is C26H40N4O3. The summed E-state index contributed by atoms with van der Waals surface area (Å²) in [4.78, 5) is 42.6. The summed E-state index contributed by atoms with van der Waals surface area (Å²) in [6.07, 6.45) is 5.32. The van der Waals surface area contributed by atoms with Crippen LogP contribution in [0, 0.1) is 5.92 Å². The molecule has 7 heteroatoms. The Hall–Kier alpha value is -2.41. The molecule has 2 aliphatic rings. The van der Waals surface area contributed by atoms with Crippen molar-refractivity contribution in [1.29, 1.82) is 0 Å². The first-order chi connectivity index (χ1) is 15.7. The number of carbonyl (C=O) groups excluding carboxylic acids is 3. The lowest BCUT2D eigenvalue weighted by molar-refractivity contribution is -0.141. The van der Waals surface area contributed by atoms with Crippen LogP contribution in [0.15, 0.2) is 24.3 Å². The summed E-state index contributed by atoms with van der Waals surface area (Å²) in [7, 11) is 0. The van der Waals surface area contributed by atoms with Crippen LogP contribution in [-0.4, -0.2) is 58.7 Å². The van der Waals surface area contributed by atoms with Gasteiger partial charge < -0.3 is 20.9 Å². The van der Waals surface area contributed by atoms with Crippen LogP contribution in [0.3, 0.4) is 0 Å². The van der Waals surface area contributed by atoms with E-state index in [1.54, 1.807) is 6.92 Å². The van der Waals surface area contributed by atoms with Crippen LogP contribution in [0.1, 0.15) is 77.0 Å². The first kappa shape index (κ1) is 25.2. The fraction of sp³-hybridized carbons (Fsp3) is 0.654. The molecule has 182 valence electrons. The van der Waals surface area contributed by atoms with Crippen molar-refractivity contribution < 1.29 is 14.4 Å². The van der Waals surface area contributed by atoms with Crippen molar-refractivity contribution in [3.8, 4) is 0 Å². The maximum Gasteiger partial charge on any atom is 0.245 e. The molecule has 1 heterocycles. The van der Waals surface area contributed by atoms with Gasteiger partial charge in [0.1, 0.15) is 6.04 Å². The maximum absolute atomic E-state index is 13.5. The zero-order chi connectivity index (χ0) is 24.1. The van der Waals surface area contributed by atoms with Crippen molar-refractivity contribution in [2.75, 3.05) is 13.1 Å². The number of carbonyl (C=O) groups is 3. The van der Waals surface area contributed by atoms with E-state index in [2.05, 4.69) is 23.5 Å². The number of hydrogen-bond acceptors (Lipinski definition) is 4. The Morgan fingerprint density at radius 1 is 1.18 bits per heavy atom. The summed E-state index contributed by atoms with van der Waals surface area (Å²) in [5.74, 6) is -0.374.